The van der Waals surface area contributed by atoms with Crippen LogP contribution in [0.25, 0.3) is 6.08 Å². The molecule has 1 fully saturated rings. The standard InChI is InChI=1S/C20H16O4S/c21-17-7-4-8-18-16(17)11-13-9-10-14(12-19(13)24-18)23-20(22)25-15-5-2-1-3-6-15/h1-3,5-6,9-12,18H,4,7-8H2. The third kappa shape index (κ3) is 3.46. The van der Waals surface area contributed by atoms with Crippen LogP contribution in [0.15, 0.2) is 59.0 Å². The molecule has 1 saturated carbocycles. The number of benzene rings is 2. The molecule has 5 heteroatoms. The molecule has 0 aromatic heterocycles. The van der Waals surface area contributed by atoms with Crippen molar-refractivity contribution in [3.05, 3.63) is 59.7 Å². The lowest BCUT2D eigenvalue weighted by Gasteiger charge is -2.29. The molecule has 1 aliphatic carbocycles. The summed E-state index contributed by atoms with van der Waals surface area (Å²) in [6, 6.07) is 14.6. The summed E-state index contributed by atoms with van der Waals surface area (Å²) in [5, 5.41) is -0.397. The van der Waals surface area contributed by atoms with Gasteiger partial charge >= 0.3 is 5.30 Å². The van der Waals surface area contributed by atoms with E-state index in [1.165, 1.54) is 0 Å². The van der Waals surface area contributed by atoms with Crippen molar-refractivity contribution in [1.82, 2.24) is 0 Å². The predicted octanol–water partition coefficient (Wildman–Crippen LogP) is 4.88. The number of carbonyl (C=O) groups excluding carboxylic acids is 2. The number of ether oxygens (including phenoxy) is 2. The first-order valence-electron chi connectivity index (χ1n) is 8.19. The Kier molecular flexibility index (Phi) is 4.32. The van der Waals surface area contributed by atoms with Gasteiger partial charge in [0.05, 0.1) is 0 Å². The topological polar surface area (TPSA) is 52.6 Å². The number of carbonyl (C=O) groups is 2. The van der Waals surface area contributed by atoms with Gasteiger partial charge in [0, 0.05) is 28.5 Å². The van der Waals surface area contributed by atoms with Crippen LogP contribution in [0.2, 0.25) is 0 Å². The zero-order valence-corrected chi connectivity index (χ0v) is 14.3. The third-order valence-electron chi connectivity index (χ3n) is 4.25. The van der Waals surface area contributed by atoms with E-state index >= 15 is 0 Å². The fourth-order valence-electron chi connectivity index (χ4n) is 3.05. The van der Waals surface area contributed by atoms with E-state index in [9.17, 15) is 9.59 Å². The van der Waals surface area contributed by atoms with Crippen LogP contribution in [-0.2, 0) is 4.79 Å². The number of Topliss-reactive ketones (excluding diaryl/α,β-unsaturated/α-hetero) is 1. The highest BCUT2D eigenvalue weighted by Crippen LogP contribution is 2.37. The summed E-state index contributed by atoms with van der Waals surface area (Å²) < 4.78 is 11.4. The largest absolute Gasteiger partial charge is 0.485 e. The normalized spacial score (nSPS) is 18.5. The summed E-state index contributed by atoms with van der Waals surface area (Å²) in [6.45, 7) is 0. The van der Waals surface area contributed by atoms with E-state index in [4.69, 9.17) is 9.47 Å². The van der Waals surface area contributed by atoms with E-state index in [0.717, 1.165) is 40.6 Å². The second-order valence-electron chi connectivity index (χ2n) is 5.99. The maximum atomic E-state index is 12.1. The van der Waals surface area contributed by atoms with Crippen LogP contribution in [0, 0.1) is 0 Å². The minimum atomic E-state index is -0.397. The van der Waals surface area contributed by atoms with E-state index in [0.29, 0.717) is 17.9 Å². The van der Waals surface area contributed by atoms with Crippen LogP contribution in [0.5, 0.6) is 11.5 Å². The Bertz CT molecular complexity index is 857. The molecule has 0 saturated heterocycles. The fourth-order valence-corrected chi connectivity index (χ4v) is 3.67. The predicted molar refractivity (Wildman–Crippen MR) is 96.0 cm³/mol. The van der Waals surface area contributed by atoms with E-state index in [1.807, 2.05) is 42.5 Å². The SMILES string of the molecule is O=C(Oc1ccc2c(c1)OC1CCCC(=O)C1=C2)Sc1ccccc1. The number of hydrogen-bond donors (Lipinski definition) is 0. The Hall–Kier alpha value is -2.53. The summed E-state index contributed by atoms with van der Waals surface area (Å²) >= 11 is 1.04. The molecular weight excluding hydrogens is 336 g/mol. The van der Waals surface area contributed by atoms with Crippen LogP contribution in [0.4, 0.5) is 4.79 Å². The summed E-state index contributed by atoms with van der Waals surface area (Å²) in [4.78, 5) is 24.9. The van der Waals surface area contributed by atoms with Crippen LogP contribution in [0.1, 0.15) is 24.8 Å². The van der Waals surface area contributed by atoms with E-state index < -0.39 is 5.30 Å². The van der Waals surface area contributed by atoms with E-state index in [1.54, 1.807) is 12.1 Å². The van der Waals surface area contributed by atoms with Crippen molar-refractivity contribution in [2.45, 2.75) is 30.3 Å². The van der Waals surface area contributed by atoms with Crippen LogP contribution < -0.4 is 9.47 Å². The van der Waals surface area contributed by atoms with Gasteiger partial charge in [0.15, 0.2) is 5.78 Å². The Balaban J connectivity index is 1.50. The maximum Gasteiger partial charge on any atom is 0.377 e. The monoisotopic (exact) mass is 352 g/mol. The first-order chi connectivity index (χ1) is 12.2. The molecule has 2 aromatic carbocycles. The van der Waals surface area contributed by atoms with Gasteiger partial charge in [-0.1, -0.05) is 18.2 Å². The summed E-state index contributed by atoms with van der Waals surface area (Å²) in [6.07, 6.45) is 3.99. The molecular formula is C20H16O4S. The molecule has 0 amide bonds. The summed E-state index contributed by atoms with van der Waals surface area (Å²) in [5.74, 6) is 1.25. The Labute approximate surface area is 149 Å². The van der Waals surface area contributed by atoms with Crippen molar-refractivity contribution in [3.8, 4) is 11.5 Å². The highest BCUT2D eigenvalue weighted by atomic mass is 32.2. The zero-order chi connectivity index (χ0) is 17.2. The number of rotatable bonds is 2. The average molecular weight is 352 g/mol. The first kappa shape index (κ1) is 16.0. The molecule has 0 radical (unpaired) electrons. The van der Waals surface area contributed by atoms with E-state index in [-0.39, 0.29) is 11.9 Å². The molecule has 2 aliphatic rings. The van der Waals surface area contributed by atoms with Crippen molar-refractivity contribution in [2.24, 2.45) is 0 Å². The smallest absolute Gasteiger partial charge is 0.377 e. The van der Waals surface area contributed by atoms with Gasteiger partial charge in [0.2, 0.25) is 0 Å². The van der Waals surface area contributed by atoms with Gasteiger partial charge in [0.25, 0.3) is 0 Å². The van der Waals surface area contributed by atoms with Gasteiger partial charge in [-0.05, 0) is 54.9 Å². The van der Waals surface area contributed by atoms with Gasteiger partial charge < -0.3 is 9.47 Å². The van der Waals surface area contributed by atoms with Crippen LogP contribution in [-0.4, -0.2) is 17.2 Å². The molecule has 126 valence electrons. The van der Waals surface area contributed by atoms with Gasteiger partial charge in [-0.15, -0.1) is 0 Å². The number of ketones is 1. The molecule has 1 atom stereocenters. The molecule has 1 unspecified atom stereocenters. The van der Waals surface area contributed by atoms with Gasteiger partial charge in [-0.2, -0.15) is 0 Å². The second-order valence-corrected chi connectivity index (χ2v) is 7.00. The number of hydrogen-bond acceptors (Lipinski definition) is 5. The fraction of sp³-hybridized carbons (Fsp3) is 0.200. The molecule has 1 heterocycles. The van der Waals surface area contributed by atoms with Crippen LogP contribution >= 0.6 is 11.8 Å². The van der Waals surface area contributed by atoms with Gasteiger partial charge in [0.1, 0.15) is 17.6 Å². The molecule has 4 nitrogen and oxygen atoms in total. The molecule has 0 bridgehead atoms. The Morgan fingerprint density at radius 2 is 2.00 bits per heavy atom. The molecule has 2 aromatic rings. The van der Waals surface area contributed by atoms with Crippen molar-refractivity contribution >= 4 is 28.9 Å². The minimum Gasteiger partial charge on any atom is -0.485 e. The highest BCUT2D eigenvalue weighted by molar-refractivity contribution is 8.13. The number of fused-ring (bicyclic) bond motifs is 2. The molecule has 25 heavy (non-hydrogen) atoms. The molecule has 1 aliphatic heterocycles. The van der Waals surface area contributed by atoms with E-state index in [2.05, 4.69) is 0 Å². The molecule has 0 N–H and O–H groups in total. The van der Waals surface area contributed by atoms with Crippen molar-refractivity contribution in [1.29, 1.82) is 0 Å². The van der Waals surface area contributed by atoms with Gasteiger partial charge in [-0.25, -0.2) is 4.79 Å². The van der Waals surface area contributed by atoms with Crippen molar-refractivity contribution < 1.29 is 19.1 Å². The second kappa shape index (κ2) is 6.76. The molecule has 0 spiro atoms. The lowest BCUT2D eigenvalue weighted by atomic mass is 9.87. The Morgan fingerprint density at radius 1 is 1.16 bits per heavy atom. The third-order valence-corrected chi connectivity index (χ3v) is 5.01. The summed E-state index contributed by atoms with van der Waals surface area (Å²) in [5.41, 5.74) is 1.60. The molecule has 4 rings (SSSR count). The highest BCUT2D eigenvalue weighted by Gasteiger charge is 2.31. The van der Waals surface area contributed by atoms with Crippen molar-refractivity contribution in [3.63, 3.8) is 0 Å². The zero-order valence-electron chi connectivity index (χ0n) is 13.4. The first-order valence-corrected chi connectivity index (χ1v) is 9.01. The van der Waals surface area contributed by atoms with Gasteiger partial charge in [-0.3, -0.25) is 4.79 Å². The quantitative estimate of drug-likeness (QED) is 0.570. The van der Waals surface area contributed by atoms with Crippen molar-refractivity contribution in [2.75, 3.05) is 0 Å². The maximum absolute atomic E-state index is 12.1. The lowest BCUT2D eigenvalue weighted by molar-refractivity contribution is -0.117. The minimum absolute atomic E-state index is 0.164. The Morgan fingerprint density at radius 3 is 2.84 bits per heavy atom. The van der Waals surface area contributed by atoms with Crippen LogP contribution in [0.3, 0.4) is 0 Å². The lowest BCUT2D eigenvalue weighted by Crippen LogP contribution is -2.31. The average Bonchev–Trinajstić information content (AvgIpc) is 2.61. The number of thioether (sulfide) groups is 1. The summed E-state index contributed by atoms with van der Waals surface area (Å²) in [7, 11) is 0.